The van der Waals surface area contributed by atoms with E-state index in [-0.39, 0.29) is 11.9 Å². The normalized spacial score (nSPS) is 18.2. The number of benzene rings is 2. The first-order valence-electron chi connectivity index (χ1n) is 11.4. The lowest BCUT2D eigenvalue weighted by atomic mass is 10.1. The van der Waals surface area contributed by atoms with Crippen LogP contribution in [0, 0.1) is 0 Å². The molecule has 2 aromatic carbocycles. The largest absolute Gasteiger partial charge is 0.378 e. The van der Waals surface area contributed by atoms with Crippen LogP contribution in [-0.2, 0) is 9.53 Å². The zero-order valence-electron chi connectivity index (χ0n) is 18.5. The van der Waals surface area contributed by atoms with E-state index in [1.54, 1.807) is 6.20 Å². The summed E-state index contributed by atoms with van der Waals surface area (Å²) in [6.45, 7) is 4.08. The molecule has 0 radical (unpaired) electrons. The monoisotopic (exact) mass is 444 g/mol. The van der Waals surface area contributed by atoms with Gasteiger partial charge in [0.2, 0.25) is 11.9 Å². The van der Waals surface area contributed by atoms with Crippen LogP contribution in [0.2, 0.25) is 0 Å². The number of ether oxygens (including phenoxy) is 1. The average Bonchev–Trinajstić information content (AvgIpc) is 3.41. The predicted molar refractivity (Wildman–Crippen MR) is 130 cm³/mol. The van der Waals surface area contributed by atoms with Crippen LogP contribution in [0.3, 0.4) is 0 Å². The Morgan fingerprint density at radius 2 is 1.88 bits per heavy atom. The number of morpholine rings is 1. The molecule has 2 fully saturated rings. The van der Waals surface area contributed by atoms with E-state index in [9.17, 15) is 4.79 Å². The number of para-hydroxylation sites is 2. The third-order valence-corrected chi connectivity index (χ3v) is 5.98. The van der Waals surface area contributed by atoms with Crippen molar-refractivity contribution in [1.29, 1.82) is 0 Å². The van der Waals surface area contributed by atoms with E-state index in [4.69, 9.17) is 9.72 Å². The van der Waals surface area contributed by atoms with E-state index in [1.165, 1.54) is 0 Å². The first-order chi connectivity index (χ1) is 16.3. The number of rotatable bonds is 6. The van der Waals surface area contributed by atoms with Gasteiger partial charge in [-0.2, -0.15) is 0 Å². The molecule has 2 aliphatic rings. The van der Waals surface area contributed by atoms with E-state index < -0.39 is 0 Å². The Labute approximate surface area is 193 Å². The quantitative estimate of drug-likeness (QED) is 0.537. The van der Waals surface area contributed by atoms with Crippen molar-refractivity contribution in [3.05, 3.63) is 60.8 Å². The predicted octanol–water partition coefficient (Wildman–Crippen LogP) is 3.41. The third kappa shape index (κ3) is 5.13. The molecule has 2 aliphatic heterocycles. The summed E-state index contributed by atoms with van der Waals surface area (Å²) >= 11 is 0. The smallest absolute Gasteiger partial charge is 0.241 e. The maximum atomic E-state index is 12.3. The summed E-state index contributed by atoms with van der Waals surface area (Å²) in [4.78, 5) is 23.8. The van der Waals surface area contributed by atoms with Gasteiger partial charge in [-0.25, -0.2) is 9.97 Å². The highest BCUT2D eigenvalue weighted by atomic mass is 16.5. The summed E-state index contributed by atoms with van der Waals surface area (Å²) < 4.78 is 5.49. The fraction of sp³-hybridized carbons (Fsp3) is 0.320. The summed E-state index contributed by atoms with van der Waals surface area (Å²) in [6, 6.07) is 17.7. The molecule has 1 unspecified atom stereocenters. The highest BCUT2D eigenvalue weighted by molar-refractivity contribution is 5.95. The first-order valence-corrected chi connectivity index (χ1v) is 11.4. The number of aromatic nitrogens is 2. The minimum Gasteiger partial charge on any atom is -0.378 e. The van der Waals surface area contributed by atoms with Crippen molar-refractivity contribution in [2.75, 3.05) is 48.4 Å². The maximum Gasteiger partial charge on any atom is 0.241 e. The van der Waals surface area contributed by atoms with E-state index in [0.717, 1.165) is 74.0 Å². The molecule has 170 valence electrons. The van der Waals surface area contributed by atoms with Crippen molar-refractivity contribution in [2.24, 2.45) is 0 Å². The van der Waals surface area contributed by atoms with Crippen LogP contribution in [-0.4, -0.2) is 54.8 Å². The van der Waals surface area contributed by atoms with Gasteiger partial charge in [0.25, 0.3) is 0 Å². The van der Waals surface area contributed by atoms with Crippen LogP contribution in [0.15, 0.2) is 60.8 Å². The lowest BCUT2D eigenvalue weighted by molar-refractivity contribution is -0.117. The fourth-order valence-corrected chi connectivity index (χ4v) is 4.22. The second kappa shape index (κ2) is 9.97. The highest BCUT2D eigenvalue weighted by Gasteiger charge is 2.22. The molecule has 8 nitrogen and oxygen atoms in total. The molecule has 5 rings (SSSR count). The van der Waals surface area contributed by atoms with Gasteiger partial charge in [0, 0.05) is 30.5 Å². The zero-order chi connectivity index (χ0) is 22.5. The van der Waals surface area contributed by atoms with Crippen molar-refractivity contribution in [1.82, 2.24) is 15.3 Å². The molecule has 8 heteroatoms. The van der Waals surface area contributed by atoms with Crippen LogP contribution < -0.4 is 20.9 Å². The lowest BCUT2D eigenvalue weighted by Crippen LogP contribution is -2.36. The summed E-state index contributed by atoms with van der Waals surface area (Å²) in [7, 11) is 0. The van der Waals surface area contributed by atoms with Crippen molar-refractivity contribution in [3.8, 4) is 11.3 Å². The Balaban J connectivity index is 1.29. The third-order valence-electron chi connectivity index (χ3n) is 5.98. The molecule has 3 aromatic rings. The van der Waals surface area contributed by atoms with Gasteiger partial charge in [-0.3, -0.25) is 4.79 Å². The molecule has 2 saturated heterocycles. The van der Waals surface area contributed by atoms with E-state index >= 15 is 0 Å². The Morgan fingerprint density at radius 1 is 1.06 bits per heavy atom. The minimum atomic E-state index is -0.0967. The summed E-state index contributed by atoms with van der Waals surface area (Å²) in [6.07, 6.45) is 3.68. The van der Waals surface area contributed by atoms with Gasteiger partial charge in [0.05, 0.1) is 36.3 Å². The zero-order valence-corrected chi connectivity index (χ0v) is 18.5. The van der Waals surface area contributed by atoms with Gasteiger partial charge >= 0.3 is 0 Å². The number of nitrogens with one attached hydrogen (secondary N) is 3. The van der Waals surface area contributed by atoms with Gasteiger partial charge in [-0.1, -0.05) is 24.3 Å². The number of carbonyl (C=O) groups excluding carboxylic acids is 1. The van der Waals surface area contributed by atoms with E-state index in [2.05, 4.69) is 31.9 Å². The molecule has 0 aliphatic carbocycles. The van der Waals surface area contributed by atoms with Crippen LogP contribution in [0.25, 0.3) is 11.3 Å². The van der Waals surface area contributed by atoms with Crippen molar-refractivity contribution >= 4 is 28.9 Å². The molecule has 3 N–H and O–H groups in total. The van der Waals surface area contributed by atoms with Crippen LogP contribution in [0.4, 0.5) is 23.0 Å². The summed E-state index contributed by atoms with van der Waals surface area (Å²) in [5, 5.41) is 9.58. The maximum absolute atomic E-state index is 12.3. The number of amides is 1. The molecule has 0 bridgehead atoms. The number of hydrogen-bond donors (Lipinski definition) is 3. The number of carbonyl (C=O) groups is 1. The average molecular weight is 445 g/mol. The fourth-order valence-electron chi connectivity index (χ4n) is 4.22. The highest BCUT2D eigenvalue weighted by Crippen LogP contribution is 2.29. The molecule has 1 aromatic heterocycles. The van der Waals surface area contributed by atoms with E-state index in [0.29, 0.717) is 5.95 Å². The molecule has 1 atom stereocenters. The number of hydrogen-bond acceptors (Lipinski definition) is 7. The molecule has 1 amide bonds. The summed E-state index contributed by atoms with van der Waals surface area (Å²) in [5.74, 6) is 0.561. The standard InChI is InChI=1S/C25H28N6O2/c32-24(22-5-3-12-26-22)28-19-9-7-18(8-10-19)20-11-13-27-25(29-20)30-21-4-1-2-6-23(21)31-14-16-33-17-15-31/h1-2,4,6-11,13,22,26H,3,5,12,14-17H2,(H,28,32)(H,27,29,30). The van der Waals surface area contributed by atoms with Crippen LogP contribution in [0.1, 0.15) is 12.8 Å². The van der Waals surface area contributed by atoms with Crippen molar-refractivity contribution in [3.63, 3.8) is 0 Å². The Hall–Kier alpha value is -3.49. The Bertz CT molecular complexity index is 1090. The van der Waals surface area contributed by atoms with Gasteiger partial charge in [0.15, 0.2) is 0 Å². The topological polar surface area (TPSA) is 91.4 Å². The first kappa shape index (κ1) is 21.4. The Morgan fingerprint density at radius 3 is 2.67 bits per heavy atom. The molecule has 0 saturated carbocycles. The Kier molecular flexibility index (Phi) is 6.46. The van der Waals surface area contributed by atoms with Gasteiger partial charge in [-0.05, 0) is 49.7 Å². The lowest BCUT2D eigenvalue weighted by Gasteiger charge is -2.30. The van der Waals surface area contributed by atoms with Gasteiger partial charge in [0.1, 0.15) is 0 Å². The van der Waals surface area contributed by atoms with Crippen molar-refractivity contribution < 1.29 is 9.53 Å². The van der Waals surface area contributed by atoms with E-state index in [1.807, 2.05) is 48.5 Å². The molecule has 0 spiro atoms. The SMILES string of the molecule is O=C(Nc1ccc(-c2ccnc(Nc3ccccc3N3CCOCC3)n2)cc1)C1CCCN1. The molecular weight excluding hydrogens is 416 g/mol. The van der Waals surface area contributed by atoms with Crippen LogP contribution in [0.5, 0.6) is 0 Å². The second-order valence-corrected chi connectivity index (χ2v) is 8.22. The number of nitrogens with zero attached hydrogens (tertiary/aromatic N) is 3. The van der Waals surface area contributed by atoms with Crippen LogP contribution >= 0.6 is 0 Å². The second-order valence-electron chi connectivity index (χ2n) is 8.22. The molecular formula is C25H28N6O2. The minimum absolute atomic E-state index is 0.0210. The van der Waals surface area contributed by atoms with Crippen molar-refractivity contribution in [2.45, 2.75) is 18.9 Å². The van der Waals surface area contributed by atoms with Gasteiger partial charge < -0.3 is 25.6 Å². The van der Waals surface area contributed by atoms with Gasteiger partial charge in [-0.15, -0.1) is 0 Å². The summed E-state index contributed by atoms with van der Waals surface area (Å²) in [5.41, 5.74) is 4.64. The molecule has 33 heavy (non-hydrogen) atoms. The molecule has 3 heterocycles. The number of anilines is 4.